The summed E-state index contributed by atoms with van der Waals surface area (Å²) < 4.78 is 11.5. The van der Waals surface area contributed by atoms with Crippen molar-refractivity contribution in [2.75, 3.05) is 40.0 Å². The lowest BCUT2D eigenvalue weighted by molar-refractivity contribution is 0.0342. The third-order valence-electron chi connectivity index (χ3n) is 6.06. The molecule has 6 heteroatoms. The number of guanidine groups is 1. The molecule has 2 aliphatic rings. The highest BCUT2D eigenvalue weighted by molar-refractivity contribution is 5.79. The fourth-order valence-corrected chi connectivity index (χ4v) is 3.80. The molecule has 0 spiro atoms. The maximum absolute atomic E-state index is 6.09. The van der Waals surface area contributed by atoms with Crippen LogP contribution in [-0.2, 0) is 24.4 Å². The molecule has 2 fully saturated rings. The molecule has 0 amide bonds. The summed E-state index contributed by atoms with van der Waals surface area (Å²) in [6.45, 7) is 9.03. The molecular weight excluding hydrogens is 400 g/mol. The molecule has 32 heavy (non-hydrogen) atoms. The van der Waals surface area contributed by atoms with Gasteiger partial charge in [0, 0.05) is 45.3 Å². The molecule has 1 saturated carbocycles. The van der Waals surface area contributed by atoms with Crippen LogP contribution in [0.2, 0.25) is 0 Å². The zero-order valence-electron chi connectivity index (χ0n) is 19.4. The van der Waals surface area contributed by atoms with Crippen molar-refractivity contribution in [3.8, 4) is 5.75 Å². The monoisotopic (exact) mass is 436 g/mol. The molecule has 1 aliphatic heterocycles. The van der Waals surface area contributed by atoms with E-state index < -0.39 is 0 Å². The van der Waals surface area contributed by atoms with Crippen LogP contribution in [0, 0.1) is 12.8 Å². The van der Waals surface area contributed by atoms with E-state index >= 15 is 0 Å². The van der Waals surface area contributed by atoms with Crippen LogP contribution in [0.5, 0.6) is 5.75 Å². The fourth-order valence-electron chi connectivity index (χ4n) is 3.80. The van der Waals surface area contributed by atoms with Crippen molar-refractivity contribution in [3.05, 3.63) is 64.7 Å². The predicted octanol–water partition coefficient (Wildman–Crippen LogP) is 3.48. The molecular formula is C26H36N4O2. The second kappa shape index (κ2) is 11.3. The van der Waals surface area contributed by atoms with Gasteiger partial charge in [0.1, 0.15) is 5.75 Å². The van der Waals surface area contributed by atoms with Crippen LogP contribution in [0.25, 0.3) is 0 Å². The Morgan fingerprint density at radius 1 is 1.03 bits per heavy atom. The number of nitrogens with one attached hydrogen (secondary N) is 2. The molecule has 1 aliphatic carbocycles. The van der Waals surface area contributed by atoms with E-state index in [-0.39, 0.29) is 0 Å². The number of hydrogen-bond donors (Lipinski definition) is 2. The predicted molar refractivity (Wildman–Crippen MR) is 129 cm³/mol. The number of aryl methyl sites for hydroxylation is 1. The van der Waals surface area contributed by atoms with E-state index in [1.807, 2.05) is 0 Å². The first-order valence-corrected chi connectivity index (χ1v) is 11.7. The molecule has 0 unspecified atom stereocenters. The SMILES string of the molecule is CN=C(NCc1ccc(CN2CCOCC2)cc1)NCc1ccc(C)cc1OCC1CC1. The van der Waals surface area contributed by atoms with Crippen LogP contribution in [-0.4, -0.2) is 50.8 Å². The lowest BCUT2D eigenvalue weighted by Crippen LogP contribution is -2.36. The molecule has 2 aromatic carbocycles. The Hall–Kier alpha value is -2.57. The minimum absolute atomic E-state index is 0.679. The van der Waals surface area contributed by atoms with Gasteiger partial charge < -0.3 is 20.1 Å². The highest BCUT2D eigenvalue weighted by Gasteiger charge is 2.22. The molecule has 1 saturated heterocycles. The molecule has 0 bridgehead atoms. The second-order valence-corrected chi connectivity index (χ2v) is 8.85. The summed E-state index contributed by atoms with van der Waals surface area (Å²) in [5.74, 6) is 2.51. The Labute approximate surface area is 192 Å². The smallest absolute Gasteiger partial charge is 0.191 e. The lowest BCUT2D eigenvalue weighted by atomic mass is 10.1. The summed E-state index contributed by atoms with van der Waals surface area (Å²) in [4.78, 5) is 6.82. The van der Waals surface area contributed by atoms with Crippen molar-refractivity contribution < 1.29 is 9.47 Å². The quantitative estimate of drug-likeness (QED) is 0.466. The molecule has 0 atom stereocenters. The number of rotatable bonds is 9. The van der Waals surface area contributed by atoms with Crippen molar-refractivity contribution >= 4 is 5.96 Å². The minimum Gasteiger partial charge on any atom is -0.493 e. The van der Waals surface area contributed by atoms with Crippen molar-refractivity contribution in [1.29, 1.82) is 0 Å². The number of nitrogens with zero attached hydrogens (tertiary/aromatic N) is 2. The summed E-state index contributed by atoms with van der Waals surface area (Å²) in [5, 5.41) is 6.84. The Morgan fingerprint density at radius 3 is 2.47 bits per heavy atom. The van der Waals surface area contributed by atoms with E-state index in [1.54, 1.807) is 7.05 Å². The molecule has 4 rings (SSSR count). The van der Waals surface area contributed by atoms with Crippen LogP contribution in [0.1, 0.15) is 35.1 Å². The number of hydrogen-bond acceptors (Lipinski definition) is 4. The van der Waals surface area contributed by atoms with Crippen molar-refractivity contribution in [3.63, 3.8) is 0 Å². The lowest BCUT2D eigenvalue weighted by Gasteiger charge is -2.26. The molecule has 2 aromatic rings. The first-order valence-electron chi connectivity index (χ1n) is 11.7. The van der Waals surface area contributed by atoms with Gasteiger partial charge >= 0.3 is 0 Å². The average molecular weight is 437 g/mol. The van der Waals surface area contributed by atoms with Crippen LogP contribution >= 0.6 is 0 Å². The topological polar surface area (TPSA) is 58.1 Å². The highest BCUT2D eigenvalue weighted by atomic mass is 16.5. The summed E-state index contributed by atoms with van der Waals surface area (Å²) in [6.07, 6.45) is 2.59. The van der Waals surface area contributed by atoms with Crippen LogP contribution in [0.15, 0.2) is 47.5 Å². The molecule has 1 heterocycles. The second-order valence-electron chi connectivity index (χ2n) is 8.85. The highest BCUT2D eigenvalue weighted by Crippen LogP contribution is 2.30. The number of aliphatic imine (C=N–C) groups is 1. The molecule has 6 nitrogen and oxygen atoms in total. The van der Waals surface area contributed by atoms with Gasteiger partial charge in [0.05, 0.1) is 19.8 Å². The number of morpholine rings is 1. The van der Waals surface area contributed by atoms with E-state index in [1.165, 1.54) is 29.5 Å². The Bertz CT molecular complexity index is 887. The number of ether oxygens (including phenoxy) is 2. The van der Waals surface area contributed by atoms with E-state index in [9.17, 15) is 0 Å². The molecule has 0 radical (unpaired) electrons. The van der Waals surface area contributed by atoms with Gasteiger partial charge in [-0.05, 0) is 48.4 Å². The van der Waals surface area contributed by atoms with Gasteiger partial charge in [0.2, 0.25) is 0 Å². The zero-order valence-corrected chi connectivity index (χ0v) is 19.4. The van der Waals surface area contributed by atoms with Gasteiger partial charge in [0.25, 0.3) is 0 Å². The first kappa shape index (κ1) is 22.6. The van der Waals surface area contributed by atoms with Crippen molar-refractivity contribution in [2.45, 2.75) is 39.4 Å². The normalized spacial score (nSPS) is 17.2. The third-order valence-corrected chi connectivity index (χ3v) is 6.06. The molecule has 0 aromatic heterocycles. The van der Waals surface area contributed by atoms with Crippen LogP contribution in [0.3, 0.4) is 0 Å². The van der Waals surface area contributed by atoms with E-state index in [2.05, 4.69) is 69.9 Å². The Kier molecular flexibility index (Phi) is 8.02. The van der Waals surface area contributed by atoms with E-state index in [0.29, 0.717) is 6.54 Å². The first-order chi connectivity index (χ1) is 15.7. The zero-order chi connectivity index (χ0) is 22.2. The van der Waals surface area contributed by atoms with Crippen LogP contribution < -0.4 is 15.4 Å². The summed E-state index contributed by atoms with van der Waals surface area (Å²) in [6, 6.07) is 15.2. The van der Waals surface area contributed by atoms with Gasteiger partial charge in [-0.3, -0.25) is 9.89 Å². The fraction of sp³-hybridized carbons (Fsp3) is 0.500. The summed E-state index contributed by atoms with van der Waals surface area (Å²) >= 11 is 0. The largest absolute Gasteiger partial charge is 0.493 e. The number of benzene rings is 2. The van der Waals surface area contributed by atoms with Crippen molar-refractivity contribution in [2.24, 2.45) is 10.9 Å². The molecule has 172 valence electrons. The summed E-state index contributed by atoms with van der Waals surface area (Å²) in [7, 11) is 1.81. The van der Waals surface area contributed by atoms with Gasteiger partial charge in [-0.2, -0.15) is 0 Å². The van der Waals surface area contributed by atoms with Gasteiger partial charge in [-0.1, -0.05) is 36.4 Å². The van der Waals surface area contributed by atoms with Gasteiger partial charge in [0.15, 0.2) is 5.96 Å². The summed E-state index contributed by atoms with van der Waals surface area (Å²) in [5.41, 5.74) is 4.96. The van der Waals surface area contributed by atoms with Crippen molar-refractivity contribution in [1.82, 2.24) is 15.5 Å². The Morgan fingerprint density at radius 2 is 1.75 bits per heavy atom. The maximum Gasteiger partial charge on any atom is 0.191 e. The van der Waals surface area contributed by atoms with E-state index in [0.717, 1.165) is 69.2 Å². The average Bonchev–Trinajstić information content (AvgIpc) is 3.65. The molecule has 2 N–H and O–H groups in total. The minimum atomic E-state index is 0.679. The standard InChI is InChI=1S/C26H36N4O2/c1-20-3-10-24(25(15-20)32-19-23-8-9-23)17-29-26(27-2)28-16-21-4-6-22(7-5-21)18-30-11-13-31-14-12-30/h3-7,10,15,23H,8-9,11-14,16-19H2,1-2H3,(H2,27,28,29). The van der Waals surface area contributed by atoms with Gasteiger partial charge in [-0.15, -0.1) is 0 Å². The Balaban J connectivity index is 1.25. The third kappa shape index (κ3) is 6.97. The van der Waals surface area contributed by atoms with Gasteiger partial charge in [-0.25, -0.2) is 0 Å². The maximum atomic E-state index is 6.09. The van der Waals surface area contributed by atoms with Crippen LogP contribution in [0.4, 0.5) is 0 Å². The van der Waals surface area contributed by atoms with E-state index in [4.69, 9.17) is 9.47 Å².